The van der Waals surface area contributed by atoms with Gasteiger partial charge < -0.3 is 16.4 Å². The van der Waals surface area contributed by atoms with E-state index in [2.05, 4.69) is 4.62 Å². The van der Waals surface area contributed by atoms with Gasteiger partial charge in [-0.05, 0) is 19.4 Å². The Hall–Kier alpha value is 0.120. The molecule has 0 aliphatic heterocycles. The van der Waals surface area contributed by atoms with Gasteiger partial charge >= 0.3 is 7.60 Å². The summed E-state index contributed by atoms with van der Waals surface area (Å²) in [5.41, 5.74) is 12.6. The second-order valence-corrected chi connectivity index (χ2v) is 5.04. The van der Waals surface area contributed by atoms with Crippen molar-refractivity contribution in [3.63, 3.8) is 0 Å². The summed E-state index contributed by atoms with van der Waals surface area (Å²) in [5, 5.41) is 0. The molecule has 0 rings (SSSR count). The van der Waals surface area contributed by atoms with Gasteiger partial charge in [0.05, 0.1) is 6.04 Å². The third-order valence-corrected chi connectivity index (χ3v) is 2.05. The third-order valence-electron chi connectivity index (χ3n) is 1.62. The lowest BCUT2D eigenvalue weighted by molar-refractivity contribution is -0.129. The van der Waals surface area contributed by atoms with Crippen LogP contribution in [0.3, 0.4) is 0 Å². The van der Waals surface area contributed by atoms with Gasteiger partial charge in [0.2, 0.25) is 0 Å². The van der Waals surface area contributed by atoms with Crippen molar-refractivity contribution in [2.45, 2.75) is 25.3 Å². The highest BCUT2D eigenvalue weighted by Crippen LogP contribution is 2.34. The number of carbonyl (C=O) groups is 1. The van der Waals surface area contributed by atoms with Crippen LogP contribution in [0, 0.1) is 0 Å². The Morgan fingerprint density at radius 3 is 2.41 bits per heavy atom. The van der Waals surface area contributed by atoms with Crippen molar-refractivity contribution in [1.29, 1.82) is 0 Å². The standard InChI is InChI=1S/C7H18N3O4P.2ClH/c1-15(12,13)14-10-7(11)6(9)4-2-3-5-8;;/h6H,2-5,8-9H2,1H3,(H,10,11)(H,12,13);2*1H/t6-;;/m0../s1. The molecule has 0 aromatic heterocycles. The molecule has 0 saturated carbocycles. The van der Waals surface area contributed by atoms with E-state index in [0.717, 1.165) is 19.5 Å². The Morgan fingerprint density at radius 1 is 1.47 bits per heavy atom. The first-order chi connectivity index (χ1) is 6.87. The fourth-order valence-corrected chi connectivity index (χ4v) is 1.10. The molecule has 0 fully saturated rings. The second kappa shape index (κ2) is 11.2. The number of amides is 1. The number of rotatable bonds is 7. The van der Waals surface area contributed by atoms with E-state index >= 15 is 0 Å². The molecular formula is C7H20Cl2N3O4P. The molecule has 10 heteroatoms. The number of hydrogen-bond acceptors (Lipinski definition) is 5. The van der Waals surface area contributed by atoms with Crippen LogP contribution < -0.4 is 16.9 Å². The van der Waals surface area contributed by atoms with Crippen LogP contribution in [0.4, 0.5) is 0 Å². The number of unbranched alkanes of at least 4 members (excludes halogenated alkanes) is 1. The van der Waals surface area contributed by atoms with E-state index in [0.29, 0.717) is 13.0 Å². The normalized spacial score (nSPS) is 14.8. The first kappa shape index (κ1) is 22.3. The summed E-state index contributed by atoms with van der Waals surface area (Å²) in [6.07, 6.45) is 1.98. The van der Waals surface area contributed by atoms with Crippen LogP contribution in [-0.2, 0) is 14.0 Å². The Balaban J connectivity index is -0.000000980. The molecule has 0 aromatic carbocycles. The zero-order valence-electron chi connectivity index (χ0n) is 9.50. The Labute approximate surface area is 113 Å². The van der Waals surface area contributed by atoms with Crippen LogP contribution in [0.5, 0.6) is 0 Å². The topological polar surface area (TPSA) is 128 Å². The minimum Gasteiger partial charge on any atom is -0.330 e. The molecule has 0 radical (unpaired) electrons. The van der Waals surface area contributed by atoms with Gasteiger partial charge in [-0.2, -0.15) is 4.62 Å². The van der Waals surface area contributed by atoms with Crippen molar-refractivity contribution < 1.29 is 18.9 Å². The number of nitrogens with two attached hydrogens (primary N) is 2. The predicted molar refractivity (Wildman–Crippen MR) is 70.4 cm³/mol. The highest BCUT2D eigenvalue weighted by Gasteiger charge is 2.17. The van der Waals surface area contributed by atoms with Crippen molar-refractivity contribution in [3.8, 4) is 0 Å². The lowest BCUT2D eigenvalue weighted by Crippen LogP contribution is -2.40. The lowest BCUT2D eigenvalue weighted by atomic mass is 10.1. The minimum absolute atomic E-state index is 0. The molecule has 0 aliphatic carbocycles. The Bertz CT molecular complexity index is 251. The summed E-state index contributed by atoms with van der Waals surface area (Å²) in [5.74, 6) is -0.608. The van der Waals surface area contributed by atoms with Crippen LogP contribution in [0.1, 0.15) is 19.3 Å². The first-order valence-corrected chi connectivity index (χ1v) is 6.63. The molecule has 6 N–H and O–H groups in total. The van der Waals surface area contributed by atoms with E-state index in [9.17, 15) is 9.36 Å². The van der Waals surface area contributed by atoms with Gasteiger partial charge in [-0.15, -0.1) is 24.8 Å². The van der Waals surface area contributed by atoms with Crippen molar-refractivity contribution in [1.82, 2.24) is 5.48 Å². The maximum atomic E-state index is 11.2. The van der Waals surface area contributed by atoms with E-state index in [-0.39, 0.29) is 24.8 Å². The highest BCUT2D eigenvalue weighted by atomic mass is 35.5. The maximum Gasteiger partial charge on any atom is 0.346 e. The maximum absolute atomic E-state index is 11.2. The number of nitrogens with one attached hydrogen (secondary N) is 1. The largest absolute Gasteiger partial charge is 0.346 e. The third kappa shape index (κ3) is 14.1. The van der Waals surface area contributed by atoms with Crippen molar-refractivity contribution in [3.05, 3.63) is 0 Å². The van der Waals surface area contributed by atoms with Gasteiger partial charge in [0.15, 0.2) is 0 Å². The van der Waals surface area contributed by atoms with Gasteiger partial charge in [-0.1, -0.05) is 6.42 Å². The Kier molecular flexibility index (Phi) is 14.7. The summed E-state index contributed by atoms with van der Waals surface area (Å²) in [4.78, 5) is 19.9. The predicted octanol–water partition coefficient (Wildman–Crippen LogP) is 0.149. The molecule has 1 unspecified atom stereocenters. The number of hydrogen-bond donors (Lipinski definition) is 4. The minimum atomic E-state index is -3.70. The molecule has 0 bridgehead atoms. The molecule has 0 aliphatic rings. The summed E-state index contributed by atoms with van der Waals surface area (Å²) >= 11 is 0. The molecule has 106 valence electrons. The van der Waals surface area contributed by atoms with Crippen molar-refractivity contribution in [2.75, 3.05) is 13.2 Å². The van der Waals surface area contributed by atoms with Crippen LogP contribution >= 0.6 is 32.4 Å². The van der Waals surface area contributed by atoms with Gasteiger partial charge in [0.25, 0.3) is 5.91 Å². The van der Waals surface area contributed by atoms with Crippen LogP contribution in [0.2, 0.25) is 0 Å². The summed E-state index contributed by atoms with van der Waals surface area (Å²) in [6.45, 7) is 1.51. The number of hydroxylamine groups is 1. The highest BCUT2D eigenvalue weighted by molar-refractivity contribution is 7.51. The SMILES string of the molecule is CP(=O)(O)ONC(=O)[C@@H](N)CCCCN.Cl.Cl. The first-order valence-electron chi connectivity index (χ1n) is 4.61. The van der Waals surface area contributed by atoms with Crippen LogP contribution in [-0.4, -0.2) is 30.1 Å². The summed E-state index contributed by atoms with van der Waals surface area (Å²) < 4.78 is 14.9. The molecule has 0 saturated heterocycles. The molecule has 7 nitrogen and oxygen atoms in total. The number of carbonyl (C=O) groups excluding carboxylic acids is 1. The lowest BCUT2D eigenvalue weighted by Gasteiger charge is -2.12. The number of halogens is 2. The molecule has 0 spiro atoms. The van der Waals surface area contributed by atoms with Gasteiger partial charge in [-0.25, -0.2) is 5.48 Å². The fourth-order valence-electron chi connectivity index (χ4n) is 0.845. The van der Waals surface area contributed by atoms with Crippen molar-refractivity contribution >= 4 is 38.3 Å². The Morgan fingerprint density at radius 2 is 2.00 bits per heavy atom. The average molecular weight is 312 g/mol. The average Bonchev–Trinajstić information content (AvgIpc) is 2.13. The van der Waals surface area contributed by atoms with E-state index < -0.39 is 19.5 Å². The van der Waals surface area contributed by atoms with Gasteiger partial charge in [0.1, 0.15) is 0 Å². The summed E-state index contributed by atoms with van der Waals surface area (Å²) in [7, 11) is -3.70. The van der Waals surface area contributed by atoms with Gasteiger partial charge in [0, 0.05) is 6.66 Å². The van der Waals surface area contributed by atoms with Crippen molar-refractivity contribution in [2.24, 2.45) is 11.5 Å². The zero-order chi connectivity index (χ0) is 11.9. The fraction of sp³-hybridized carbons (Fsp3) is 0.857. The van der Waals surface area contributed by atoms with Gasteiger partial charge in [-0.3, -0.25) is 9.36 Å². The molecule has 2 atom stereocenters. The molecule has 0 heterocycles. The van der Waals surface area contributed by atoms with E-state index in [1.165, 1.54) is 0 Å². The second-order valence-electron chi connectivity index (χ2n) is 3.25. The van der Waals surface area contributed by atoms with E-state index in [1.807, 2.05) is 5.48 Å². The molecule has 17 heavy (non-hydrogen) atoms. The zero-order valence-corrected chi connectivity index (χ0v) is 12.0. The summed E-state index contributed by atoms with van der Waals surface area (Å²) in [6, 6.07) is -0.747. The quantitative estimate of drug-likeness (QED) is 0.301. The van der Waals surface area contributed by atoms with E-state index in [1.54, 1.807) is 0 Å². The van der Waals surface area contributed by atoms with Crippen LogP contribution in [0.15, 0.2) is 0 Å². The smallest absolute Gasteiger partial charge is 0.330 e. The molecule has 1 amide bonds. The molecular weight excluding hydrogens is 292 g/mol. The van der Waals surface area contributed by atoms with E-state index in [4.69, 9.17) is 16.4 Å². The van der Waals surface area contributed by atoms with Crippen LogP contribution in [0.25, 0.3) is 0 Å². The monoisotopic (exact) mass is 311 g/mol. The molecule has 0 aromatic rings.